The van der Waals surface area contributed by atoms with Gasteiger partial charge >= 0.3 is 0 Å². The van der Waals surface area contributed by atoms with Gasteiger partial charge < -0.3 is 0 Å². The Morgan fingerprint density at radius 1 is 1.35 bits per heavy atom. The summed E-state index contributed by atoms with van der Waals surface area (Å²) in [4.78, 5) is 12.1. The molecule has 0 radical (unpaired) electrons. The molecular weight excluding hydrogens is 306 g/mol. The first-order valence-electron chi connectivity index (χ1n) is 5.20. The maximum Gasteiger partial charge on any atom is 0.269 e. The van der Waals surface area contributed by atoms with Crippen LogP contribution in [0.25, 0.3) is 0 Å². The van der Waals surface area contributed by atoms with E-state index in [-0.39, 0.29) is 22.9 Å². The number of rotatable bonds is 2. The summed E-state index contributed by atoms with van der Waals surface area (Å²) < 4.78 is 25.9. The Hall–Kier alpha value is -0.880. The van der Waals surface area contributed by atoms with E-state index in [0.717, 1.165) is 4.31 Å². The molecule has 0 bridgehead atoms. The lowest BCUT2D eigenvalue weighted by molar-refractivity contribution is 0.0861. The van der Waals surface area contributed by atoms with Gasteiger partial charge in [-0.05, 0) is 24.1 Å². The number of fused-ring (bicyclic) bond motifs is 1. The Morgan fingerprint density at radius 3 is 2.59 bits per heavy atom. The normalized spacial score (nSPS) is 17.6. The van der Waals surface area contributed by atoms with Crippen LogP contribution in [0.3, 0.4) is 0 Å². The Kier molecular flexibility index (Phi) is 3.03. The van der Waals surface area contributed by atoms with Gasteiger partial charge in [0.1, 0.15) is 4.90 Å². The van der Waals surface area contributed by atoms with Gasteiger partial charge in [0.2, 0.25) is 0 Å². The molecule has 1 aliphatic heterocycles. The second kappa shape index (κ2) is 4.10. The summed E-state index contributed by atoms with van der Waals surface area (Å²) in [7, 11) is -3.64. The van der Waals surface area contributed by atoms with E-state index in [0.29, 0.717) is 4.47 Å². The number of halogens is 1. The Balaban J connectivity index is 2.56. The molecule has 0 fully saturated rings. The molecule has 6 heteroatoms. The molecule has 0 saturated heterocycles. The molecule has 4 nitrogen and oxygen atoms in total. The minimum atomic E-state index is -3.64. The maximum atomic E-state index is 12.1. The van der Waals surface area contributed by atoms with Crippen LogP contribution in [-0.2, 0) is 10.0 Å². The third kappa shape index (κ3) is 1.99. The number of benzene rings is 1. The number of sulfonamides is 1. The molecule has 0 spiro atoms. The maximum absolute atomic E-state index is 12.1. The van der Waals surface area contributed by atoms with Gasteiger partial charge in [-0.25, -0.2) is 12.7 Å². The molecule has 0 unspecified atom stereocenters. The van der Waals surface area contributed by atoms with Gasteiger partial charge in [0.05, 0.1) is 5.56 Å². The summed E-state index contributed by atoms with van der Waals surface area (Å²) in [5.41, 5.74) is 0.250. The topological polar surface area (TPSA) is 54.5 Å². The third-order valence-corrected chi connectivity index (χ3v) is 4.80. The van der Waals surface area contributed by atoms with Crippen molar-refractivity contribution in [2.45, 2.75) is 18.7 Å². The fourth-order valence-electron chi connectivity index (χ4n) is 1.77. The monoisotopic (exact) mass is 317 g/mol. The molecule has 0 atom stereocenters. The predicted molar refractivity (Wildman–Crippen MR) is 67.2 cm³/mol. The van der Waals surface area contributed by atoms with Gasteiger partial charge in [-0.3, -0.25) is 4.79 Å². The number of carbonyl (C=O) groups excluding carboxylic acids is 1. The zero-order valence-corrected chi connectivity index (χ0v) is 11.9. The van der Waals surface area contributed by atoms with Crippen LogP contribution in [0.4, 0.5) is 0 Å². The van der Waals surface area contributed by atoms with Crippen LogP contribution < -0.4 is 0 Å². The molecule has 0 saturated carbocycles. The Labute approximate surface area is 109 Å². The fraction of sp³-hybridized carbons (Fsp3) is 0.364. The van der Waals surface area contributed by atoms with Crippen LogP contribution in [0.2, 0.25) is 0 Å². The molecule has 0 N–H and O–H groups in total. The van der Waals surface area contributed by atoms with Crippen LogP contribution in [0.5, 0.6) is 0 Å². The number of hydrogen-bond acceptors (Lipinski definition) is 3. The van der Waals surface area contributed by atoms with Gasteiger partial charge in [0, 0.05) is 11.0 Å². The van der Waals surface area contributed by atoms with Gasteiger partial charge in [-0.2, -0.15) is 0 Å². The smallest absolute Gasteiger partial charge is 0.268 e. The van der Waals surface area contributed by atoms with Crippen LogP contribution in [-0.4, -0.2) is 25.2 Å². The second-order valence-corrected chi connectivity index (χ2v) is 7.12. The van der Waals surface area contributed by atoms with Crippen molar-refractivity contribution < 1.29 is 13.2 Å². The van der Waals surface area contributed by atoms with Crippen LogP contribution in [0, 0.1) is 5.92 Å². The zero-order chi connectivity index (χ0) is 12.8. The van der Waals surface area contributed by atoms with E-state index in [2.05, 4.69) is 15.9 Å². The predicted octanol–water partition coefficient (Wildman–Crippen LogP) is 2.25. The summed E-state index contributed by atoms with van der Waals surface area (Å²) in [6, 6.07) is 4.64. The minimum absolute atomic E-state index is 0.103. The summed E-state index contributed by atoms with van der Waals surface area (Å²) in [6.07, 6.45) is 0. The molecule has 0 aliphatic carbocycles. The molecule has 1 aliphatic rings. The van der Waals surface area contributed by atoms with Crippen molar-refractivity contribution in [3.8, 4) is 0 Å². The average molecular weight is 318 g/mol. The molecule has 92 valence electrons. The van der Waals surface area contributed by atoms with Gasteiger partial charge in [-0.15, -0.1) is 0 Å². The third-order valence-electron chi connectivity index (χ3n) is 2.50. The van der Waals surface area contributed by atoms with E-state index >= 15 is 0 Å². The molecule has 17 heavy (non-hydrogen) atoms. The minimum Gasteiger partial charge on any atom is -0.268 e. The van der Waals surface area contributed by atoms with Crippen molar-refractivity contribution in [3.05, 3.63) is 28.2 Å². The Bertz CT molecular complexity index is 580. The van der Waals surface area contributed by atoms with Crippen molar-refractivity contribution in [2.75, 3.05) is 6.54 Å². The highest BCUT2D eigenvalue weighted by Gasteiger charge is 2.41. The molecule has 0 aromatic heterocycles. The van der Waals surface area contributed by atoms with Crippen molar-refractivity contribution in [1.29, 1.82) is 0 Å². The fourth-order valence-corrected chi connectivity index (χ4v) is 3.84. The lowest BCUT2D eigenvalue weighted by Crippen LogP contribution is -2.33. The van der Waals surface area contributed by atoms with Gasteiger partial charge in [-0.1, -0.05) is 29.8 Å². The lowest BCUT2D eigenvalue weighted by atomic mass is 10.2. The molecular formula is C11H12BrNO3S. The van der Waals surface area contributed by atoms with Crippen molar-refractivity contribution in [1.82, 2.24) is 4.31 Å². The molecule has 1 aromatic carbocycles. The van der Waals surface area contributed by atoms with Crippen LogP contribution in [0.15, 0.2) is 27.6 Å². The first kappa shape index (κ1) is 12.6. The van der Waals surface area contributed by atoms with E-state index < -0.39 is 15.9 Å². The van der Waals surface area contributed by atoms with Crippen molar-refractivity contribution >= 4 is 31.9 Å². The van der Waals surface area contributed by atoms with Crippen LogP contribution >= 0.6 is 15.9 Å². The van der Waals surface area contributed by atoms with Crippen molar-refractivity contribution in [3.63, 3.8) is 0 Å². The van der Waals surface area contributed by atoms with E-state index in [1.807, 2.05) is 13.8 Å². The van der Waals surface area contributed by atoms with E-state index in [9.17, 15) is 13.2 Å². The largest absolute Gasteiger partial charge is 0.269 e. The first-order chi connectivity index (χ1) is 7.84. The number of hydrogen-bond donors (Lipinski definition) is 0. The quantitative estimate of drug-likeness (QED) is 0.840. The lowest BCUT2D eigenvalue weighted by Gasteiger charge is -2.16. The van der Waals surface area contributed by atoms with Gasteiger partial charge in [0.15, 0.2) is 0 Å². The first-order valence-corrected chi connectivity index (χ1v) is 7.44. The van der Waals surface area contributed by atoms with Crippen LogP contribution in [0.1, 0.15) is 24.2 Å². The summed E-state index contributed by atoms with van der Waals surface area (Å²) in [6.45, 7) is 3.97. The summed E-state index contributed by atoms with van der Waals surface area (Å²) >= 11 is 3.24. The van der Waals surface area contributed by atoms with E-state index in [4.69, 9.17) is 0 Å². The highest BCUT2D eigenvalue weighted by atomic mass is 79.9. The molecule has 2 rings (SSSR count). The average Bonchev–Trinajstić information content (AvgIpc) is 2.39. The molecule has 1 amide bonds. The zero-order valence-electron chi connectivity index (χ0n) is 9.47. The van der Waals surface area contributed by atoms with E-state index in [1.165, 1.54) is 6.07 Å². The highest BCUT2D eigenvalue weighted by molar-refractivity contribution is 9.10. The SMILES string of the molecule is CC(C)CN1C(=O)c2cc(Br)ccc2S1(=O)=O. The number of amides is 1. The number of carbonyl (C=O) groups is 1. The highest BCUT2D eigenvalue weighted by Crippen LogP contribution is 2.32. The molecule has 1 heterocycles. The second-order valence-electron chi connectivity index (χ2n) is 4.38. The Morgan fingerprint density at radius 2 is 2.00 bits per heavy atom. The summed E-state index contributed by atoms with van der Waals surface area (Å²) in [5, 5.41) is 0. The van der Waals surface area contributed by atoms with Crippen molar-refractivity contribution in [2.24, 2.45) is 5.92 Å². The number of nitrogens with zero attached hydrogens (tertiary/aromatic N) is 1. The van der Waals surface area contributed by atoms with Gasteiger partial charge in [0.25, 0.3) is 15.9 Å². The van der Waals surface area contributed by atoms with E-state index in [1.54, 1.807) is 12.1 Å². The summed E-state index contributed by atoms with van der Waals surface area (Å²) in [5.74, 6) is -0.332. The standard InChI is InChI=1S/C11H12BrNO3S/c1-7(2)6-13-11(14)9-5-8(12)3-4-10(9)17(13,15)16/h3-5,7H,6H2,1-2H3. The molecule has 1 aromatic rings.